The Morgan fingerprint density at radius 3 is 2.84 bits per heavy atom. The molecule has 2 aromatic rings. The van der Waals surface area contributed by atoms with Gasteiger partial charge in [-0.25, -0.2) is 9.50 Å². The molecule has 7 nitrogen and oxygen atoms in total. The van der Waals surface area contributed by atoms with Gasteiger partial charge in [0.15, 0.2) is 5.65 Å². The molecule has 2 aromatic heterocycles. The Bertz CT molecular complexity index is 764. The van der Waals surface area contributed by atoms with Crippen LogP contribution in [0.25, 0.3) is 5.65 Å². The first-order valence-electron chi connectivity index (χ1n) is 9.14. The van der Waals surface area contributed by atoms with Gasteiger partial charge in [-0.2, -0.15) is 5.10 Å². The Balaban J connectivity index is 1.39. The quantitative estimate of drug-likeness (QED) is 0.899. The summed E-state index contributed by atoms with van der Waals surface area (Å²) in [5.74, 6) is -0.0664. The molecule has 1 atom stereocenters. The van der Waals surface area contributed by atoms with E-state index in [0.29, 0.717) is 17.3 Å². The summed E-state index contributed by atoms with van der Waals surface area (Å²) >= 11 is 0. The van der Waals surface area contributed by atoms with Crippen LogP contribution < -0.4 is 5.32 Å². The van der Waals surface area contributed by atoms with Crippen molar-refractivity contribution < 1.29 is 4.79 Å². The Hall–Kier alpha value is -1.99. The maximum Gasteiger partial charge on any atom is 0.257 e. The number of hydrogen-bond acceptors (Lipinski definition) is 5. The van der Waals surface area contributed by atoms with Crippen molar-refractivity contribution in [3.05, 3.63) is 29.7 Å². The molecule has 2 fully saturated rings. The molecule has 7 heteroatoms. The predicted octanol–water partition coefficient (Wildman–Crippen LogP) is 0.936. The van der Waals surface area contributed by atoms with Crippen LogP contribution in [0.4, 0.5) is 0 Å². The molecule has 1 N–H and O–H groups in total. The van der Waals surface area contributed by atoms with Gasteiger partial charge < -0.3 is 10.2 Å². The van der Waals surface area contributed by atoms with Gasteiger partial charge in [0.25, 0.3) is 5.91 Å². The van der Waals surface area contributed by atoms with Crippen LogP contribution in [0.1, 0.15) is 35.3 Å². The fourth-order valence-electron chi connectivity index (χ4n) is 3.98. The van der Waals surface area contributed by atoms with Crippen molar-refractivity contribution >= 4 is 11.6 Å². The number of carbonyl (C=O) groups is 1. The van der Waals surface area contributed by atoms with Gasteiger partial charge in [0.05, 0.1) is 6.20 Å². The monoisotopic (exact) mass is 342 g/mol. The number of rotatable bonds is 3. The number of aromatic nitrogens is 3. The highest BCUT2D eigenvalue weighted by atomic mass is 16.1. The predicted molar refractivity (Wildman–Crippen MR) is 95.7 cm³/mol. The molecule has 25 heavy (non-hydrogen) atoms. The van der Waals surface area contributed by atoms with Crippen LogP contribution in [-0.4, -0.2) is 75.6 Å². The zero-order chi connectivity index (χ0) is 17.4. The SMILES string of the molecule is Cc1ccn2ncc(C(=O)NC3CCN(C4CCN(C)CC4)C3)c2n1. The molecule has 1 unspecified atom stereocenters. The highest BCUT2D eigenvalue weighted by Gasteiger charge is 2.31. The molecule has 0 spiro atoms. The van der Waals surface area contributed by atoms with Crippen molar-refractivity contribution in [2.75, 3.05) is 33.2 Å². The highest BCUT2D eigenvalue weighted by molar-refractivity contribution is 5.99. The summed E-state index contributed by atoms with van der Waals surface area (Å²) in [6, 6.07) is 2.77. The van der Waals surface area contributed by atoms with Gasteiger partial charge in [-0.3, -0.25) is 9.69 Å². The second-order valence-electron chi connectivity index (χ2n) is 7.38. The van der Waals surface area contributed by atoms with E-state index < -0.39 is 0 Å². The molecule has 0 aromatic carbocycles. The minimum atomic E-state index is -0.0664. The molecular formula is C18H26N6O. The molecule has 1 amide bonds. The van der Waals surface area contributed by atoms with Crippen LogP contribution >= 0.6 is 0 Å². The summed E-state index contributed by atoms with van der Waals surface area (Å²) in [5.41, 5.74) is 2.07. The summed E-state index contributed by atoms with van der Waals surface area (Å²) < 4.78 is 1.65. The molecule has 4 rings (SSSR count). The summed E-state index contributed by atoms with van der Waals surface area (Å²) in [6.45, 7) is 6.29. The Labute approximate surface area is 148 Å². The number of piperidine rings is 1. The van der Waals surface area contributed by atoms with E-state index in [2.05, 4.69) is 32.2 Å². The molecule has 0 saturated carbocycles. The fraction of sp³-hybridized carbons (Fsp3) is 0.611. The minimum Gasteiger partial charge on any atom is -0.348 e. The number of amides is 1. The van der Waals surface area contributed by atoms with Crippen LogP contribution in [0.2, 0.25) is 0 Å². The lowest BCUT2D eigenvalue weighted by Gasteiger charge is -2.35. The zero-order valence-electron chi connectivity index (χ0n) is 15.0. The van der Waals surface area contributed by atoms with E-state index in [4.69, 9.17) is 0 Å². The number of nitrogens with one attached hydrogen (secondary N) is 1. The van der Waals surface area contributed by atoms with Crippen molar-refractivity contribution in [2.45, 2.75) is 38.3 Å². The fourth-order valence-corrected chi connectivity index (χ4v) is 3.98. The molecular weight excluding hydrogens is 316 g/mol. The summed E-state index contributed by atoms with van der Waals surface area (Å²) in [7, 11) is 2.19. The number of likely N-dealkylation sites (tertiary alicyclic amines) is 2. The largest absolute Gasteiger partial charge is 0.348 e. The van der Waals surface area contributed by atoms with Gasteiger partial charge in [-0.05, 0) is 52.4 Å². The van der Waals surface area contributed by atoms with E-state index >= 15 is 0 Å². The molecule has 2 saturated heterocycles. The first kappa shape index (κ1) is 16.5. The van der Waals surface area contributed by atoms with E-state index in [1.54, 1.807) is 10.7 Å². The molecule has 0 radical (unpaired) electrons. The topological polar surface area (TPSA) is 65.8 Å². The molecule has 0 aliphatic carbocycles. The zero-order valence-corrected chi connectivity index (χ0v) is 15.0. The summed E-state index contributed by atoms with van der Waals surface area (Å²) in [4.78, 5) is 22.1. The van der Waals surface area contributed by atoms with Gasteiger partial charge in [-0.1, -0.05) is 0 Å². The number of carbonyl (C=O) groups excluding carboxylic acids is 1. The van der Waals surface area contributed by atoms with Crippen molar-refractivity contribution in [1.82, 2.24) is 29.7 Å². The van der Waals surface area contributed by atoms with E-state index in [-0.39, 0.29) is 11.9 Å². The van der Waals surface area contributed by atoms with E-state index in [0.717, 1.165) is 25.2 Å². The van der Waals surface area contributed by atoms with Gasteiger partial charge in [0.1, 0.15) is 5.56 Å². The van der Waals surface area contributed by atoms with Crippen molar-refractivity contribution in [1.29, 1.82) is 0 Å². The molecule has 134 valence electrons. The van der Waals surface area contributed by atoms with Gasteiger partial charge in [-0.15, -0.1) is 0 Å². The number of fused-ring (bicyclic) bond motifs is 1. The third kappa shape index (κ3) is 3.39. The van der Waals surface area contributed by atoms with Crippen LogP contribution in [0.15, 0.2) is 18.5 Å². The number of nitrogens with zero attached hydrogens (tertiary/aromatic N) is 5. The number of aryl methyl sites for hydroxylation is 1. The van der Waals surface area contributed by atoms with E-state index in [1.807, 2.05) is 19.2 Å². The maximum absolute atomic E-state index is 12.7. The average Bonchev–Trinajstić information content (AvgIpc) is 3.22. The van der Waals surface area contributed by atoms with Crippen LogP contribution in [0.5, 0.6) is 0 Å². The Morgan fingerprint density at radius 1 is 1.24 bits per heavy atom. The summed E-state index contributed by atoms with van der Waals surface area (Å²) in [6.07, 6.45) is 6.93. The highest BCUT2D eigenvalue weighted by Crippen LogP contribution is 2.21. The third-order valence-corrected chi connectivity index (χ3v) is 5.51. The Morgan fingerprint density at radius 2 is 2.04 bits per heavy atom. The first-order chi connectivity index (χ1) is 12.1. The van der Waals surface area contributed by atoms with Gasteiger partial charge >= 0.3 is 0 Å². The second-order valence-corrected chi connectivity index (χ2v) is 7.38. The smallest absolute Gasteiger partial charge is 0.257 e. The second kappa shape index (κ2) is 6.72. The minimum absolute atomic E-state index is 0.0664. The summed E-state index contributed by atoms with van der Waals surface area (Å²) in [5, 5.41) is 7.42. The maximum atomic E-state index is 12.7. The van der Waals surface area contributed by atoms with Crippen LogP contribution in [0.3, 0.4) is 0 Å². The average molecular weight is 342 g/mol. The van der Waals surface area contributed by atoms with Gasteiger partial charge in [0.2, 0.25) is 0 Å². The Kier molecular flexibility index (Phi) is 4.43. The lowest BCUT2D eigenvalue weighted by Crippen LogP contribution is -2.44. The lowest BCUT2D eigenvalue weighted by molar-refractivity contribution is 0.0933. The first-order valence-corrected chi connectivity index (χ1v) is 9.14. The van der Waals surface area contributed by atoms with E-state index in [1.165, 1.54) is 25.9 Å². The third-order valence-electron chi connectivity index (χ3n) is 5.51. The standard InChI is InChI=1S/C18H26N6O/c1-13-3-10-24-17(20-13)16(11-19-24)18(25)21-14-4-9-23(12-14)15-5-7-22(2)8-6-15/h3,10-11,14-15H,4-9,12H2,1-2H3,(H,21,25). The van der Waals surface area contributed by atoms with Crippen LogP contribution in [-0.2, 0) is 0 Å². The normalized spacial score (nSPS) is 23.4. The van der Waals surface area contributed by atoms with Gasteiger partial charge in [0, 0.05) is 37.1 Å². The van der Waals surface area contributed by atoms with Crippen LogP contribution in [0, 0.1) is 6.92 Å². The van der Waals surface area contributed by atoms with Crippen molar-refractivity contribution in [2.24, 2.45) is 0 Å². The molecule has 2 aliphatic rings. The molecule has 2 aliphatic heterocycles. The van der Waals surface area contributed by atoms with Crippen molar-refractivity contribution in [3.63, 3.8) is 0 Å². The molecule has 0 bridgehead atoms. The number of hydrogen-bond donors (Lipinski definition) is 1. The molecule has 4 heterocycles. The van der Waals surface area contributed by atoms with E-state index in [9.17, 15) is 4.79 Å². The van der Waals surface area contributed by atoms with Crippen molar-refractivity contribution in [3.8, 4) is 0 Å². The lowest BCUT2D eigenvalue weighted by atomic mass is 10.0.